The number of carbonyl (C=O) groups excluding carboxylic acids is 1. The van der Waals surface area contributed by atoms with Crippen LogP contribution in [0.15, 0.2) is 0 Å². The zero-order chi connectivity index (χ0) is 9.30. The Bertz CT molecular complexity index is 167. The zero-order valence-electron chi connectivity index (χ0n) is 8.45. The monoisotopic (exact) mass is 169 g/mol. The minimum atomic E-state index is 0.456. The van der Waals surface area contributed by atoms with Gasteiger partial charge in [0.25, 0.3) is 0 Å². The van der Waals surface area contributed by atoms with Crippen LogP contribution in [0.2, 0.25) is 0 Å². The highest BCUT2D eigenvalue weighted by atomic mass is 16.1. The minimum absolute atomic E-state index is 0.456. The molecule has 1 amide bonds. The second kappa shape index (κ2) is 3.46. The first-order chi connectivity index (χ1) is 5.57. The average Bonchev–Trinajstić information content (AvgIpc) is 2.28. The van der Waals surface area contributed by atoms with E-state index in [1.54, 1.807) is 0 Å². The topological polar surface area (TPSA) is 20.3 Å². The predicted molar refractivity (Wildman–Crippen MR) is 49.7 cm³/mol. The lowest BCUT2D eigenvalue weighted by atomic mass is 9.88. The van der Waals surface area contributed by atoms with E-state index in [1.807, 2.05) is 4.90 Å². The van der Waals surface area contributed by atoms with Gasteiger partial charge in [-0.25, -0.2) is 0 Å². The lowest BCUT2D eigenvalue weighted by Crippen LogP contribution is -2.35. The Kier molecular flexibility index (Phi) is 2.76. The van der Waals surface area contributed by atoms with Gasteiger partial charge in [0, 0.05) is 12.6 Å². The van der Waals surface area contributed by atoms with E-state index in [2.05, 4.69) is 27.7 Å². The summed E-state index contributed by atoms with van der Waals surface area (Å²) < 4.78 is 0. The fraction of sp³-hybridized carbons (Fsp3) is 0.900. The molecular formula is C10H19NO. The average molecular weight is 169 g/mol. The van der Waals surface area contributed by atoms with Gasteiger partial charge in [0.2, 0.25) is 6.41 Å². The molecule has 0 spiro atoms. The van der Waals surface area contributed by atoms with Crippen LogP contribution in [0.5, 0.6) is 0 Å². The van der Waals surface area contributed by atoms with E-state index < -0.39 is 0 Å². The molecule has 3 unspecified atom stereocenters. The van der Waals surface area contributed by atoms with Crippen LogP contribution in [0.1, 0.15) is 27.7 Å². The molecule has 1 rings (SSSR count). The van der Waals surface area contributed by atoms with Crippen LogP contribution >= 0.6 is 0 Å². The van der Waals surface area contributed by atoms with E-state index in [4.69, 9.17) is 0 Å². The Labute approximate surface area is 74.9 Å². The van der Waals surface area contributed by atoms with E-state index >= 15 is 0 Å². The zero-order valence-corrected chi connectivity index (χ0v) is 8.45. The van der Waals surface area contributed by atoms with E-state index in [0.29, 0.717) is 23.8 Å². The molecule has 0 aromatic heterocycles. The first-order valence-electron chi connectivity index (χ1n) is 4.79. The molecule has 0 radical (unpaired) electrons. The number of likely N-dealkylation sites (tertiary alicyclic amines) is 1. The molecule has 70 valence electrons. The molecule has 1 aliphatic heterocycles. The van der Waals surface area contributed by atoms with Crippen molar-refractivity contribution >= 4 is 6.41 Å². The van der Waals surface area contributed by atoms with Crippen molar-refractivity contribution in [2.24, 2.45) is 17.8 Å². The highest BCUT2D eigenvalue weighted by molar-refractivity contribution is 5.48. The van der Waals surface area contributed by atoms with Gasteiger partial charge in [0.15, 0.2) is 0 Å². The molecule has 0 aliphatic carbocycles. The smallest absolute Gasteiger partial charge is 0.209 e. The maximum atomic E-state index is 10.7. The van der Waals surface area contributed by atoms with Gasteiger partial charge in [-0.3, -0.25) is 4.79 Å². The van der Waals surface area contributed by atoms with Crippen LogP contribution in [0.4, 0.5) is 0 Å². The Hall–Kier alpha value is -0.530. The summed E-state index contributed by atoms with van der Waals surface area (Å²) in [5.41, 5.74) is 0. The van der Waals surface area contributed by atoms with Crippen LogP contribution in [0.3, 0.4) is 0 Å². The van der Waals surface area contributed by atoms with Crippen molar-refractivity contribution in [2.75, 3.05) is 6.54 Å². The summed E-state index contributed by atoms with van der Waals surface area (Å²) in [5.74, 6) is 1.88. The van der Waals surface area contributed by atoms with Gasteiger partial charge < -0.3 is 4.90 Å². The second-order valence-corrected chi connectivity index (χ2v) is 4.37. The number of amides is 1. The van der Waals surface area contributed by atoms with Crippen LogP contribution in [0.25, 0.3) is 0 Å². The van der Waals surface area contributed by atoms with Crippen molar-refractivity contribution in [1.82, 2.24) is 4.90 Å². The van der Waals surface area contributed by atoms with Gasteiger partial charge in [-0.05, 0) is 17.8 Å². The van der Waals surface area contributed by atoms with Crippen LogP contribution in [-0.4, -0.2) is 23.9 Å². The standard InChI is InChI=1S/C10H19NO/c1-7(2)10-9(4)8(3)5-11(10)6-12/h6-10H,5H2,1-4H3. The molecule has 0 aromatic rings. The van der Waals surface area contributed by atoms with Gasteiger partial charge in [0.1, 0.15) is 0 Å². The third kappa shape index (κ3) is 1.47. The summed E-state index contributed by atoms with van der Waals surface area (Å²) in [4.78, 5) is 12.7. The Morgan fingerprint density at radius 2 is 2.00 bits per heavy atom. The predicted octanol–water partition coefficient (Wildman–Crippen LogP) is 1.76. The quantitative estimate of drug-likeness (QED) is 0.577. The van der Waals surface area contributed by atoms with E-state index in [-0.39, 0.29) is 0 Å². The lowest BCUT2D eigenvalue weighted by molar-refractivity contribution is -0.119. The number of hydrogen-bond donors (Lipinski definition) is 0. The number of rotatable bonds is 2. The van der Waals surface area contributed by atoms with E-state index in [9.17, 15) is 4.79 Å². The lowest BCUT2D eigenvalue weighted by Gasteiger charge is -2.26. The summed E-state index contributed by atoms with van der Waals surface area (Å²) >= 11 is 0. The number of nitrogens with zero attached hydrogens (tertiary/aromatic N) is 1. The van der Waals surface area contributed by atoms with Gasteiger partial charge in [-0.1, -0.05) is 27.7 Å². The van der Waals surface area contributed by atoms with Gasteiger partial charge in [0.05, 0.1) is 0 Å². The summed E-state index contributed by atoms with van der Waals surface area (Å²) in [5, 5.41) is 0. The van der Waals surface area contributed by atoms with E-state index in [0.717, 1.165) is 13.0 Å². The number of hydrogen-bond acceptors (Lipinski definition) is 1. The molecule has 1 aliphatic rings. The molecule has 2 nitrogen and oxygen atoms in total. The summed E-state index contributed by atoms with van der Waals surface area (Å²) in [6, 6.07) is 0.456. The molecule has 3 atom stereocenters. The molecule has 0 saturated carbocycles. The van der Waals surface area contributed by atoms with Gasteiger partial charge in [-0.2, -0.15) is 0 Å². The van der Waals surface area contributed by atoms with Crippen molar-refractivity contribution in [1.29, 1.82) is 0 Å². The fourth-order valence-electron chi connectivity index (χ4n) is 2.36. The van der Waals surface area contributed by atoms with Crippen molar-refractivity contribution in [3.05, 3.63) is 0 Å². The summed E-state index contributed by atoms with van der Waals surface area (Å²) in [7, 11) is 0. The van der Waals surface area contributed by atoms with Crippen LogP contribution < -0.4 is 0 Å². The summed E-state index contributed by atoms with van der Waals surface area (Å²) in [6.07, 6.45) is 1.00. The maximum absolute atomic E-state index is 10.7. The SMILES string of the molecule is CC(C)C1C(C)C(C)CN1C=O. The maximum Gasteiger partial charge on any atom is 0.209 e. The Morgan fingerprint density at radius 1 is 1.42 bits per heavy atom. The molecule has 1 heterocycles. The second-order valence-electron chi connectivity index (χ2n) is 4.37. The molecule has 2 heteroatoms. The first kappa shape index (κ1) is 9.56. The highest BCUT2D eigenvalue weighted by Crippen LogP contribution is 2.32. The van der Waals surface area contributed by atoms with Crippen molar-refractivity contribution < 1.29 is 4.79 Å². The van der Waals surface area contributed by atoms with Crippen molar-refractivity contribution in [3.8, 4) is 0 Å². The molecule has 0 bridgehead atoms. The molecular weight excluding hydrogens is 150 g/mol. The van der Waals surface area contributed by atoms with Crippen molar-refractivity contribution in [2.45, 2.75) is 33.7 Å². The van der Waals surface area contributed by atoms with Gasteiger partial charge >= 0.3 is 0 Å². The third-order valence-electron chi connectivity index (χ3n) is 3.14. The Balaban J connectivity index is 2.73. The normalized spacial score (nSPS) is 36.1. The molecule has 1 fully saturated rings. The van der Waals surface area contributed by atoms with Gasteiger partial charge in [-0.15, -0.1) is 0 Å². The largest absolute Gasteiger partial charge is 0.341 e. The van der Waals surface area contributed by atoms with Crippen molar-refractivity contribution in [3.63, 3.8) is 0 Å². The molecule has 12 heavy (non-hydrogen) atoms. The number of carbonyl (C=O) groups is 1. The first-order valence-corrected chi connectivity index (χ1v) is 4.79. The highest BCUT2D eigenvalue weighted by Gasteiger charge is 2.37. The van der Waals surface area contributed by atoms with Crippen LogP contribution in [0, 0.1) is 17.8 Å². The molecule has 0 aromatic carbocycles. The molecule has 0 N–H and O–H groups in total. The third-order valence-corrected chi connectivity index (χ3v) is 3.14. The molecule has 1 saturated heterocycles. The fourth-order valence-corrected chi connectivity index (χ4v) is 2.36. The summed E-state index contributed by atoms with van der Waals surface area (Å²) in [6.45, 7) is 9.79. The minimum Gasteiger partial charge on any atom is -0.341 e. The van der Waals surface area contributed by atoms with E-state index in [1.165, 1.54) is 0 Å². The van der Waals surface area contributed by atoms with Crippen LogP contribution in [-0.2, 0) is 4.79 Å². The Morgan fingerprint density at radius 3 is 2.33 bits per heavy atom.